The Morgan fingerprint density at radius 1 is 1.15 bits per heavy atom. The topological polar surface area (TPSA) is 30.8 Å². The van der Waals surface area contributed by atoms with Crippen LogP contribution in [-0.4, -0.2) is 12.8 Å². The molecule has 0 saturated carbocycles. The number of hydrogen-bond acceptors (Lipinski definition) is 3. The normalized spacial score (nSPS) is 11.2. The lowest BCUT2D eigenvalue weighted by Crippen LogP contribution is -1.99. The Kier molecular flexibility index (Phi) is 4.71. The van der Waals surface area contributed by atoms with Crippen molar-refractivity contribution < 1.29 is 14.0 Å². The molecule has 2 aromatic carbocycles. The van der Waals surface area contributed by atoms with E-state index in [0.29, 0.717) is 23.6 Å². The van der Waals surface area contributed by atoms with Gasteiger partial charge in [-0.2, -0.15) is 0 Å². The number of ether oxygens (including phenoxy) is 1. The van der Waals surface area contributed by atoms with E-state index >= 15 is 0 Å². The number of methoxy groups -OCH3 is 1. The molecular formula is C16H16FNO2. The lowest BCUT2D eigenvalue weighted by Gasteiger charge is -2.05. The molecule has 2 aromatic rings. The van der Waals surface area contributed by atoms with Crippen molar-refractivity contribution in [3.05, 3.63) is 65.5 Å². The Morgan fingerprint density at radius 3 is 2.60 bits per heavy atom. The molecule has 0 atom stereocenters. The average Bonchev–Trinajstić information content (AvgIpc) is 2.47. The fraction of sp³-hybridized carbons (Fsp3) is 0.188. The van der Waals surface area contributed by atoms with E-state index in [4.69, 9.17) is 9.57 Å². The zero-order valence-electron chi connectivity index (χ0n) is 11.5. The van der Waals surface area contributed by atoms with Crippen LogP contribution in [0, 0.1) is 5.82 Å². The van der Waals surface area contributed by atoms with E-state index < -0.39 is 0 Å². The van der Waals surface area contributed by atoms with Crippen LogP contribution in [-0.2, 0) is 11.4 Å². The molecule has 2 rings (SSSR count). The predicted molar refractivity (Wildman–Crippen MR) is 76.4 cm³/mol. The zero-order chi connectivity index (χ0) is 14.4. The second kappa shape index (κ2) is 6.70. The van der Waals surface area contributed by atoms with Crippen molar-refractivity contribution >= 4 is 5.71 Å². The standard InChI is InChI=1S/C16H16FNO2/c1-12(14-8-15(17)10-16(9-14)19-2)18-20-11-13-6-4-3-5-7-13/h3-10H,11H2,1-2H3/b18-12+. The van der Waals surface area contributed by atoms with Crippen LogP contribution in [0.2, 0.25) is 0 Å². The second-order valence-corrected chi connectivity index (χ2v) is 4.32. The summed E-state index contributed by atoms with van der Waals surface area (Å²) in [6, 6.07) is 14.2. The molecule has 0 spiro atoms. The van der Waals surface area contributed by atoms with Gasteiger partial charge in [-0.05, 0) is 24.6 Å². The van der Waals surface area contributed by atoms with E-state index in [1.807, 2.05) is 30.3 Å². The predicted octanol–water partition coefficient (Wildman–Crippen LogP) is 3.78. The van der Waals surface area contributed by atoms with Crippen LogP contribution in [0.1, 0.15) is 18.1 Å². The van der Waals surface area contributed by atoms with E-state index in [1.165, 1.54) is 19.2 Å². The quantitative estimate of drug-likeness (QED) is 0.613. The third kappa shape index (κ3) is 3.82. The zero-order valence-corrected chi connectivity index (χ0v) is 11.5. The molecule has 0 aliphatic heterocycles. The summed E-state index contributed by atoms with van der Waals surface area (Å²) < 4.78 is 18.4. The van der Waals surface area contributed by atoms with Gasteiger partial charge >= 0.3 is 0 Å². The van der Waals surface area contributed by atoms with Crippen molar-refractivity contribution in [2.75, 3.05) is 7.11 Å². The van der Waals surface area contributed by atoms with E-state index in [2.05, 4.69) is 5.16 Å². The molecule has 0 bridgehead atoms. The molecule has 20 heavy (non-hydrogen) atoms. The Labute approximate surface area is 117 Å². The molecule has 0 radical (unpaired) electrons. The summed E-state index contributed by atoms with van der Waals surface area (Å²) in [5, 5.41) is 4.00. The summed E-state index contributed by atoms with van der Waals surface area (Å²) in [7, 11) is 1.50. The molecule has 0 amide bonds. The first-order valence-corrected chi connectivity index (χ1v) is 6.24. The Morgan fingerprint density at radius 2 is 1.90 bits per heavy atom. The minimum Gasteiger partial charge on any atom is -0.497 e. The van der Waals surface area contributed by atoms with Crippen molar-refractivity contribution in [3.8, 4) is 5.75 Å². The molecule has 104 valence electrons. The maximum absolute atomic E-state index is 13.4. The van der Waals surface area contributed by atoms with E-state index in [0.717, 1.165) is 5.56 Å². The first-order chi connectivity index (χ1) is 9.69. The smallest absolute Gasteiger partial charge is 0.142 e. The highest BCUT2D eigenvalue weighted by Crippen LogP contribution is 2.16. The van der Waals surface area contributed by atoms with E-state index in [-0.39, 0.29) is 5.82 Å². The lowest BCUT2D eigenvalue weighted by atomic mass is 10.1. The van der Waals surface area contributed by atoms with Crippen molar-refractivity contribution in [3.63, 3.8) is 0 Å². The van der Waals surface area contributed by atoms with E-state index in [1.54, 1.807) is 13.0 Å². The van der Waals surface area contributed by atoms with Crippen molar-refractivity contribution in [1.29, 1.82) is 0 Å². The molecule has 0 aliphatic carbocycles. The summed E-state index contributed by atoms with van der Waals surface area (Å²) >= 11 is 0. The maximum atomic E-state index is 13.4. The molecular weight excluding hydrogens is 257 g/mol. The van der Waals surface area contributed by atoms with Gasteiger partial charge < -0.3 is 9.57 Å². The van der Waals surface area contributed by atoms with Gasteiger partial charge in [0.2, 0.25) is 0 Å². The summed E-state index contributed by atoms with van der Waals surface area (Å²) in [6.07, 6.45) is 0. The van der Waals surface area contributed by atoms with Crippen molar-refractivity contribution in [2.24, 2.45) is 5.16 Å². The van der Waals surface area contributed by atoms with Gasteiger partial charge in [0.25, 0.3) is 0 Å². The van der Waals surface area contributed by atoms with Crippen LogP contribution < -0.4 is 4.74 Å². The van der Waals surface area contributed by atoms with Gasteiger partial charge in [-0.15, -0.1) is 0 Å². The largest absolute Gasteiger partial charge is 0.497 e. The molecule has 4 heteroatoms. The summed E-state index contributed by atoms with van der Waals surface area (Å²) in [4.78, 5) is 5.27. The minimum absolute atomic E-state index is 0.364. The van der Waals surface area contributed by atoms with Crippen LogP contribution in [0.3, 0.4) is 0 Å². The molecule has 0 unspecified atom stereocenters. The molecule has 0 saturated heterocycles. The van der Waals surface area contributed by atoms with Gasteiger partial charge in [0.05, 0.1) is 12.8 Å². The van der Waals surface area contributed by atoms with Gasteiger partial charge in [0, 0.05) is 11.6 Å². The highest BCUT2D eigenvalue weighted by Gasteiger charge is 2.04. The molecule has 0 aliphatic rings. The van der Waals surface area contributed by atoms with Crippen LogP contribution in [0.5, 0.6) is 5.75 Å². The fourth-order valence-electron chi connectivity index (χ4n) is 1.72. The molecule has 0 N–H and O–H groups in total. The lowest BCUT2D eigenvalue weighted by molar-refractivity contribution is 0.130. The van der Waals surface area contributed by atoms with Gasteiger partial charge in [-0.25, -0.2) is 4.39 Å². The number of oxime groups is 1. The first kappa shape index (κ1) is 14.1. The van der Waals surface area contributed by atoms with Gasteiger partial charge in [-0.1, -0.05) is 35.5 Å². The summed E-state index contributed by atoms with van der Waals surface area (Å²) in [5.74, 6) is 0.0922. The number of nitrogens with zero attached hydrogens (tertiary/aromatic N) is 1. The SMILES string of the molecule is COc1cc(F)cc(/C(C)=N/OCc2ccccc2)c1. The maximum Gasteiger partial charge on any atom is 0.142 e. The fourth-order valence-corrected chi connectivity index (χ4v) is 1.72. The number of hydrogen-bond donors (Lipinski definition) is 0. The number of halogens is 1. The second-order valence-electron chi connectivity index (χ2n) is 4.32. The average molecular weight is 273 g/mol. The van der Waals surface area contributed by atoms with Crippen LogP contribution in [0.25, 0.3) is 0 Å². The van der Waals surface area contributed by atoms with Crippen molar-refractivity contribution in [1.82, 2.24) is 0 Å². The molecule has 3 nitrogen and oxygen atoms in total. The molecule has 0 aromatic heterocycles. The Bertz CT molecular complexity index is 597. The van der Waals surface area contributed by atoms with E-state index in [9.17, 15) is 4.39 Å². The monoisotopic (exact) mass is 273 g/mol. The van der Waals surface area contributed by atoms with Gasteiger partial charge in [0.1, 0.15) is 18.2 Å². The van der Waals surface area contributed by atoms with Crippen LogP contribution in [0.4, 0.5) is 4.39 Å². The first-order valence-electron chi connectivity index (χ1n) is 6.24. The number of benzene rings is 2. The Hall–Kier alpha value is -2.36. The molecule has 0 fully saturated rings. The van der Waals surface area contributed by atoms with Gasteiger partial charge in [-0.3, -0.25) is 0 Å². The minimum atomic E-state index is -0.364. The summed E-state index contributed by atoms with van der Waals surface area (Å²) in [6.45, 7) is 2.14. The third-order valence-electron chi connectivity index (χ3n) is 2.80. The highest BCUT2D eigenvalue weighted by molar-refractivity contribution is 5.98. The van der Waals surface area contributed by atoms with Gasteiger partial charge in [0.15, 0.2) is 0 Å². The molecule has 0 heterocycles. The summed E-state index contributed by atoms with van der Waals surface area (Å²) in [5.41, 5.74) is 2.26. The highest BCUT2D eigenvalue weighted by atomic mass is 19.1. The number of rotatable bonds is 5. The van der Waals surface area contributed by atoms with Crippen LogP contribution >= 0.6 is 0 Å². The third-order valence-corrected chi connectivity index (χ3v) is 2.80. The van der Waals surface area contributed by atoms with Crippen molar-refractivity contribution in [2.45, 2.75) is 13.5 Å². The van der Waals surface area contributed by atoms with Crippen LogP contribution in [0.15, 0.2) is 53.7 Å². The Balaban J connectivity index is 2.05.